The van der Waals surface area contributed by atoms with E-state index in [4.69, 9.17) is 5.11 Å². The molecule has 1 aromatic carbocycles. The summed E-state index contributed by atoms with van der Waals surface area (Å²) < 4.78 is 26.5. The number of rotatable bonds is 8. The summed E-state index contributed by atoms with van der Waals surface area (Å²) in [6.07, 6.45) is 1.67. The number of sulfonamides is 1. The van der Waals surface area contributed by atoms with Crippen molar-refractivity contribution in [2.24, 2.45) is 0 Å². The monoisotopic (exact) mass is 405 g/mol. The lowest BCUT2D eigenvalue weighted by Crippen LogP contribution is -2.32. The molecule has 1 aromatic rings. The summed E-state index contributed by atoms with van der Waals surface area (Å²) in [5.41, 5.74) is 0.400. The van der Waals surface area contributed by atoms with Crippen molar-refractivity contribution in [2.45, 2.75) is 24.2 Å². The van der Waals surface area contributed by atoms with Gasteiger partial charge in [0.15, 0.2) is 0 Å². The molecule has 1 saturated heterocycles. The third-order valence-electron chi connectivity index (χ3n) is 3.94. The summed E-state index contributed by atoms with van der Waals surface area (Å²) in [5, 5.41) is 11.3. The minimum atomic E-state index is -3.53. The lowest BCUT2D eigenvalue weighted by molar-refractivity contribution is -0.137. The summed E-state index contributed by atoms with van der Waals surface area (Å²) in [4.78, 5) is 24.3. The zero-order valence-electron chi connectivity index (χ0n) is 14.6. The molecule has 0 aliphatic carbocycles. The van der Waals surface area contributed by atoms with E-state index in [1.807, 2.05) is 0 Å². The highest BCUT2D eigenvalue weighted by atomic mass is 35.5. The second-order valence-electron chi connectivity index (χ2n) is 6.07. The number of amides is 1. The van der Waals surface area contributed by atoms with Crippen LogP contribution in [0.1, 0.15) is 19.3 Å². The highest BCUT2D eigenvalue weighted by Gasteiger charge is 2.27. The van der Waals surface area contributed by atoms with Gasteiger partial charge in [0.1, 0.15) is 0 Å². The number of benzene rings is 1. The fourth-order valence-electron chi connectivity index (χ4n) is 2.62. The average Bonchev–Trinajstić information content (AvgIpc) is 3.08. The van der Waals surface area contributed by atoms with E-state index in [0.717, 1.165) is 12.8 Å². The van der Waals surface area contributed by atoms with Crippen LogP contribution < -0.4 is 5.32 Å². The predicted molar refractivity (Wildman–Crippen MR) is 100 cm³/mol. The largest absolute Gasteiger partial charge is 0.481 e. The quantitative estimate of drug-likeness (QED) is 0.673. The molecule has 1 aliphatic heterocycles. The molecule has 0 saturated carbocycles. The van der Waals surface area contributed by atoms with Gasteiger partial charge in [0.2, 0.25) is 15.9 Å². The van der Waals surface area contributed by atoms with Crippen molar-refractivity contribution in [3.8, 4) is 0 Å². The second-order valence-corrected chi connectivity index (χ2v) is 8.01. The molecule has 0 spiro atoms. The molecule has 1 amide bonds. The number of likely N-dealkylation sites (N-methyl/N-ethyl adjacent to an activating group) is 1. The SMILES string of the molecule is CN(CCC(=O)O)CC(=O)Nc1cccc(S(=O)(=O)N2CCCC2)c1.Cl. The zero-order chi connectivity index (χ0) is 18.4. The molecule has 10 heteroatoms. The van der Waals surface area contributed by atoms with Gasteiger partial charge in [-0.15, -0.1) is 12.4 Å². The summed E-state index contributed by atoms with van der Waals surface area (Å²) in [6, 6.07) is 6.18. The first-order valence-corrected chi connectivity index (χ1v) is 9.53. The summed E-state index contributed by atoms with van der Waals surface area (Å²) in [5.74, 6) is -1.25. The molecule has 2 rings (SSSR count). The van der Waals surface area contributed by atoms with Crippen molar-refractivity contribution < 1.29 is 23.1 Å². The normalized spacial score (nSPS) is 14.8. The van der Waals surface area contributed by atoms with Crippen molar-refractivity contribution in [1.82, 2.24) is 9.21 Å². The van der Waals surface area contributed by atoms with Crippen molar-refractivity contribution in [2.75, 3.05) is 38.5 Å². The standard InChI is InChI=1S/C16H23N3O5S.ClH/c1-18(10-7-16(21)22)12-15(20)17-13-5-4-6-14(11-13)25(23,24)19-8-2-3-9-19;/h4-6,11H,2-3,7-10,12H2,1H3,(H,17,20)(H,21,22);1H. The van der Waals surface area contributed by atoms with Crippen LogP contribution in [-0.4, -0.2) is 67.8 Å². The first-order valence-electron chi connectivity index (χ1n) is 8.09. The van der Waals surface area contributed by atoms with E-state index >= 15 is 0 Å². The van der Waals surface area contributed by atoms with Gasteiger partial charge in [-0.05, 0) is 38.1 Å². The first-order chi connectivity index (χ1) is 11.8. The second kappa shape index (κ2) is 9.86. The number of carbonyl (C=O) groups excluding carboxylic acids is 1. The number of carboxylic acids is 1. The summed E-state index contributed by atoms with van der Waals surface area (Å²) in [6.45, 7) is 1.32. The Morgan fingerprint density at radius 3 is 2.54 bits per heavy atom. The Morgan fingerprint density at radius 1 is 1.27 bits per heavy atom. The van der Waals surface area contributed by atoms with E-state index in [0.29, 0.717) is 18.8 Å². The number of nitrogens with zero attached hydrogens (tertiary/aromatic N) is 2. The first kappa shape index (κ1) is 22.4. The average molecular weight is 406 g/mol. The zero-order valence-corrected chi connectivity index (χ0v) is 16.2. The molecule has 146 valence electrons. The Labute approximate surface area is 159 Å². The third kappa shape index (κ3) is 6.24. The van der Waals surface area contributed by atoms with Crippen LogP contribution >= 0.6 is 12.4 Å². The number of hydrogen-bond acceptors (Lipinski definition) is 5. The van der Waals surface area contributed by atoms with Crippen molar-refractivity contribution in [3.63, 3.8) is 0 Å². The van der Waals surface area contributed by atoms with Crippen LogP contribution in [0.3, 0.4) is 0 Å². The molecule has 0 unspecified atom stereocenters. The Bertz CT molecular complexity index is 735. The topological polar surface area (TPSA) is 107 Å². The molecule has 0 aromatic heterocycles. The maximum Gasteiger partial charge on any atom is 0.304 e. The molecular weight excluding hydrogens is 382 g/mol. The van der Waals surface area contributed by atoms with Gasteiger partial charge in [0.25, 0.3) is 0 Å². The van der Waals surface area contributed by atoms with Crippen LogP contribution in [-0.2, 0) is 19.6 Å². The van der Waals surface area contributed by atoms with Gasteiger partial charge in [-0.25, -0.2) is 8.42 Å². The fourth-order valence-corrected chi connectivity index (χ4v) is 4.19. The van der Waals surface area contributed by atoms with Crippen LogP contribution in [0.25, 0.3) is 0 Å². The van der Waals surface area contributed by atoms with Gasteiger partial charge in [-0.1, -0.05) is 6.07 Å². The van der Waals surface area contributed by atoms with Crippen molar-refractivity contribution in [1.29, 1.82) is 0 Å². The number of nitrogens with one attached hydrogen (secondary N) is 1. The smallest absolute Gasteiger partial charge is 0.304 e. The Kier molecular flexibility index (Phi) is 8.48. The van der Waals surface area contributed by atoms with E-state index in [2.05, 4.69) is 5.32 Å². The van der Waals surface area contributed by atoms with E-state index in [1.165, 1.54) is 16.4 Å². The fraction of sp³-hybridized carbons (Fsp3) is 0.500. The molecule has 8 nitrogen and oxygen atoms in total. The minimum Gasteiger partial charge on any atom is -0.481 e. The summed E-state index contributed by atoms with van der Waals surface area (Å²) in [7, 11) is -1.88. The lowest BCUT2D eigenvalue weighted by atomic mass is 10.3. The van der Waals surface area contributed by atoms with Crippen LogP contribution in [0.15, 0.2) is 29.2 Å². The van der Waals surface area contributed by atoms with Crippen LogP contribution in [0, 0.1) is 0 Å². The Hall–Kier alpha value is -1.68. The molecule has 1 fully saturated rings. The molecule has 0 bridgehead atoms. The van der Waals surface area contributed by atoms with Crippen molar-refractivity contribution in [3.05, 3.63) is 24.3 Å². The maximum atomic E-state index is 12.5. The highest BCUT2D eigenvalue weighted by Crippen LogP contribution is 2.23. The van der Waals surface area contributed by atoms with Gasteiger partial charge >= 0.3 is 5.97 Å². The van der Waals surface area contributed by atoms with E-state index in [9.17, 15) is 18.0 Å². The van der Waals surface area contributed by atoms with E-state index in [1.54, 1.807) is 24.1 Å². The van der Waals surface area contributed by atoms with Crippen LogP contribution in [0.2, 0.25) is 0 Å². The molecular formula is C16H24ClN3O5S. The number of carboxylic acid groups (broad SMARTS) is 1. The Balaban J connectivity index is 0.00000338. The number of anilines is 1. The molecule has 26 heavy (non-hydrogen) atoms. The molecule has 1 aliphatic rings. The molecule has 0 atom stereocenters. The van der Waals surface area contributed by atoms with Gasteiger partial charge in [0.05, 0.1) is 17.9 Å². The molecule has 0 radical (unpaired) electrons. The minimum absolute atomic E-state index is 0. The number of aliphatic carboxylic acids is 1. The van der Waals surface area contributed by atoms with Gasteiger partial charge in [-0.3, -0.25) is 14.5 Å². The number of halogens is 1. The highest BCUT2D eigenvalue weighted by molar-refractivity contribution is 7.89. The summed E-state index contributed by atoms with van der Waals surface area (Å²) >= 11 is 0. The molecule has 2 N–H and O–H groups in total. The Morgan fingerprint density at radius 2 is 1.92 bits per heavy atom. The van der Waals surface area contributed by atoms with E-state index < -0.39 is 16.0 Å². The van der Waals surface area contributed by atoms with Crippen molar-refractivity contribution >= 4 is 40.0 Å². The third-order valence-corrected chi connectivity index (χ3v) is 5.84. The number of carbonyl (C=O) groups is 2. The molecule has 1 heterocycles. The van der Waals surface area contributed by atoms with Crippen LogP contribution in [0.4, 0.5) is 5.69 Å². The van der Waals surface area contributed by atoms with Crippen LogP contribution in [0.5, 0.6) is 0 Å². The van der Waals surface area contributed by atoms with Gasteiger partial charge in [0, 0.05) is 25.3 Å². The van der Waals surface area contributed by atoms with E-state index in [-0.39, 0.29) is 42.7 Å². The van der Waals surface area contributed by atoms with Gasteiger partial charge in [-0.2, -0.15) is 4.31 Å². The van der Waals surface area contributed by atoms with Gasteiger partial charge < -0.3 is 10.4 Å². The number of hydrogen-bond donors (Lipinski definition) is 2. The lowest BCUT2D eigenvalue weighted by Gasteiger charge is -2.17. The maximum absolute atomic E-state index is 12.5. The predicted octanol–water partition coefficient (Wildman–Crippen LogP) is 1.24.